The number of anilines is 1. The van der Waals surface area contributed by atoms with E-state index in [1.807, 2.05) is 0 Å². The molecule has 1 aromatic carbocycles. The molecule has 0 atom stereocenters. The molecule has 0 aliphatic heterocycles. The number of hydrogen-bond donors (Lipinski definition) is 1. The lowest BCUT2D eigenvalue weighted by atomic mass is 10.0. The number of rotatable bonds is 4. The summed E-state index contributed by atoms with van der Waals surface area (Å²) in [6.45, 7) is 3.08. The molecule has 0 aliphatic carbocycles. The van der Waals surface area contributed by atoms with Crippen molar-refractivity contribution < 1.29 is 19.1 Å². The summed E-state index contributed by atoms with van der Waals surface area (Å²) >= 11 is 0. The van der Waals surface area contributed by atoms with E-state index < -0.39 is 5.97 Å². The molecular weight excluding hydrogens is 234 g/mol. The van der Waals surface area contributed by atoms with E-state index >= 15 is 0 Å². The molecule has 18 heavy (non-hydrogen) atoms. The first kappa shape index (κ1) is 13.9. The maximum absolute atomic E-state index is 11.6. The summed E-state index contributed by atoms with van der Waals surface area (Å²) in [6.07, 6.45) is 0.324. The predicted molar refractivity (Wildman–Crippen MR) is 66.7 cm³/mol. The molecule has 0 aromatic heterocycles. The van der Waals surface area contributed by atoms with Crippen LogP contribution in [0.1, 0.15) is 41.0 Å². The minimum atomic E-state index is -0.549. The summed E-state index contributed by atoms with van der Waals surface area (Å²) in [7, 11) is 1.26. The van der Waals surface area contributed by atoms with Crippen molar-refractivity contribution in [2.45, 2.75) is 20.3 Å². The van der Waals surface area contributed by atoms with Gasteiger partial charge in [-0.25, -0.2) is 4.79 Å². The molecule has 0 aliphatic rings. The summed E-state index contributed by atoms with van der Waals surface area (Å²) in [5.74, 6) is -0.924. The molecule has 5 nitrogen and oxygen atoms in total. The number of nitrogens with one attached hydrogen (secondary N) is 1. The van der Waals surface area contributed by atoms with Crippen LogP contribution in [0.3, 0.4) is 0 Å². The molecule has 1 aromatic rings. The topological polar surface area (TPSA) is 72.5 Å². The summed E-state index contributed by atoms with van der Waals surface area (Å²) < 4.78 is 4.60. The SMILES string of the molecule is CCC(=O)c1cc(NC(C)=O)cc(C(=O)OC)c1. The molecule has 0 radical (unpaired) electrons. The monoisotopic (exact) mass is 249 g/mol. The van der Waals surface area contributed by atoms with Gasteiger partial charge in [-0.1, -0.05) is 6.92 Å². The van der Waals surface area contributed by atoms with Gasteiger partial charge in [-0.15, -0.1) is 0 Å². The summed E-state index contributed by atoms with van der Waals surface area (Å²) in [5, 5.41) is 2.54. The molecule has 0 heterocycles. The van der Waals surface area contributed by atoms with Gasteiger partial charge in [0.05, 0.1) is 12.7 Å². The Bertz CT molecular complexity index is 460. The highest BCUT2D eigenvalue weighted by Crippen LogP contribution is 2.17. The van der Waals surface area contributed by atoms with E-state index in [9.17, 15) is 14.4 Å². The van der Waals surface area contributed by atoms with Gasteiger partial charge in [0.15, 0.2) is 5.78 Å². The number of carbonyl (C=O) groups excluding carboxylic acids is 3. The minimum Gasteiger partial charge on any atom is -0.465 e. The van der Waals surface area contributed by atoms with Crippen LogP contribution in [0.2, 0.25) is 0 Å². The third-order valence-corrected chi connectivity index (χ3v) is 2.32. The molecule has 0 fully saturated rings. The van der Waals surface area contributed by atoms with Gasteiger partial charge in [-0.3, -0.25) is 9.59 Å². The van der Waals surface area contributed by atoms with Crippen LogP contribution in [0, 0.1) is 0 Å². The highest BCUT2D eigenvalue weighted by Gasteiger charge is 2.12. The van der Waals surface area contributed by atoms with Gasteiger partial charge in [0, 0.05) is 24.6 Å². The highest BCUT2D eigenvalue weighted by molar-refractivity contribution is 6.01. The fourth-order valence-corrected chi connectivity index (χ4v) is 1.50. The first-order chi connectivity index (χ1) is 8.47. The average Bonchev–Trinajstić information content (AvgIpc) is 2.35. The third kappa shape index (κ3) is 3.41. The van der Waals surface area contributed by atoms with Crippen LogP contribution in [0.4, 0.5) is 5.69 Å². The summed E-state index contributed by atoms with van der Waals surface area (Å²) in [4.78, 5) is 34.1. The number of Topliss-reactive ketones (excluding diaryl/α,β-unsaturated/α-hetero) is 1. The number of methoxy groups -OCH3 is 1. The third-order valence-electron chi connectivity index (χ3n) is 2.32. The van der Waals surface area contributed by atoms with E-state index in [0.717, 1.165) is 0 Å². The van der Waals surface area contributed by atoms with Crippen molar-refractivity contribution in [1.82, 2.24) is 0 Å². The van der Waals surface area contributed by atoms with Crippen LogP contribution in [0.15, 0.2) is 18.2 Å². The smallest absolute Gasteiger partial charge is 0.337 e. The van der Waals surface area contributed by atoms with E-state index in [1.54, 1.807) is 13.0 Å². The fourth-order valence-electron chi connectivity index (χ4n) is 1.50. The molecule has 0 spiro atoms. The maximum atomic E-state index is 11.6. The van der Waals surface area contributed by atoms with Crippen LogP contribution in [0.5, 0.6) is 0 Å². The van der Waals surface area contributed by atoms with E-state index in [0.29, 0.717) is 17.7 Å². The molecule has 96 valence electrons. The van der Waals surface area contributed by atoms with Gasteiger partial charge >= 0.3 is 5.97 Å². The van der Waals surface area contributed by atoms with Gasteiger partial charge in [-0.05, 0) is 18.2 Å². The number of amides is 1. The molecule has 0 bridgehead atoms. The molecule has 0 saturated heterocycles. The molecule has 1 rings (SSSR count). The van der Waals surface area contributed by atoms with E-state index in [-0.39, 0.29) is 17.3 Å². The Labute approximate surface area is 105 Å². The number of ketones is 1. The van der Waals surface area contributed by atoms with Crippen LogP contribution < -0.4 is 5.32 Å². The Morgan fingerprint density at radius 3 is 2.28 bits per heavy atom. The Morgan fingerprint density at radius 1 is 1.17 bits per heavy atom. The number of hydrogen-bond acceptors (Lipinski definition) is 4. The van der Waals surface area contributed by atoms with Crippen LogP contribution in [0.25, 0.3) is 0 Å². The number of esters is 1. The molecule has 1 amide bonds. The fraction of sp³-hybridized carbons (Fsp3) is 0.308. The molecule has 0 saturated carbocycles. The van der Waals surface area contributed by atoms with Crippen molar-refractivity contribution in [2.24, 2.45) is 0 Å². The van der Waals surface area contributed by atoms with E-state index in [4.69, 9.17) is 0 Å². The van der Waals surface area contributed by atoms with E-state index in [1.165, 1.54) is 26.2 Å². The average molecular weight is 249 g/mol. The lowest BCUT2D eigenvalue weighted by Crippen LogP contribution is -2.10. The zero-order valence-electron chi connectivity index (χ0n) is 10.6. The van der Waals surface area contributed by atoms with Crippen molar-refractivity contribution in [2.75, 3.05) is 12.4 Å². The van der Waals surface area contributed by atoms with Gasteiger partial charge in [0.25, 0.3) is 0 Å². The summed E-state index contributed by atoms with van der Waals surface area (Å²) in [5.41, 5.74) is 1.02. The van der Waals surface area contributed by atoms with Crippen molar-refractivity contribution >= 4 is 23.3 Å². The number of ether oxygens (including phenoxy) is 1. The van der Waals surface area contributed by atoms with Crippen molar-refractivity contribution in [3.8, 4) is 0 Å². The first-order valence-electron chi connectivity index (χ1n) is 5.52. The van der Waals surface area contributed by atoms with Crippen LogP contribution >= 0.6 is 0 Å². The van der Waals surface area contributed by atoms with Crippen molar-refractivity contribution in [3.63, 3.8) is 0 Å². The van der Waals surface area contributed by atoms with Gasteiger partial charge in [-0.2, -0.15) is 0 Å². The lowest BCUT2D eigenvalue weighted by Gasteiger charge is -2.08. The Balaban J connectivity index is 3.23. The largest absolute Gasteiger partial charge is 0.465 e. The quantitative estimate of drug-likeness (QED) is 0.654. The van der Waals surface area contributed by atoms with Gasteiger partial charge in [0.2, 0.25) is 5.91 Å². The lowest BCUT2D eigenvalue weighted by molar-refractivity contribution is -0.114. The minimum absolute atomic E-state index is 0.104. The maximum Gasteiger partial charge on any atom is 0.337 e. The second kappa shape index (κ2) is 5.95. The number of benzene rings is 1. The Kier molecular flexibility index (Phi) is 4.59. The van der Waals surface area contributed by atoms with E-state index in [2.05, 4.69) is 10.1 Å². The van der Waals surface area contributed by atoms with Crippen LogP contribution in [-0.2, 0) is 9.53 Å². The normalized spacial score (nSPS) is 9.72. The standard InChI is InChI=1S/C13H15NO4/c1-4-12(16)9-5-10(13(17)18-3)7-11(6-9)14-8(2)15/h5-7H,4H2,1-3H3,(H,14,15). The molecular formula is C13H15NO4. The van der Waals surface area contributed by atoms with Crippen LogP contribution in [-0.4, -0.2) is 24.8 Å². The van der Waals surface area contributed by atoms with Gasteiger partial charge in [0.1, 0.15) is 0 Å². The van der Waals surface area contributed by atoms with Crippen molar-refractivity contribution in [3.05, 3.63) is 29.3 Å². The number of carbonyl (C=O) groups is 3. The second-order valence-corrected chi connectivity index (χ2v) is 3.75. The molecule has 0 unspecified atom stereocenters. The van der Waals surface area contributed by atoms with Gasteiger partial charge < -0.3 is 10.1 Å². The molecule has 1 N–H and O–H groups in total. The Hall–Kier alpha value is -2.17. The van der Waals surface area contributed by atoms with Crippen molar-refractivity contribution in [1.29, 1.82) is 0 Å². The Morgan fingerprint density at radius 2 is 1.78 bits per heavy atom. The zero-order valence-corrected chi connectivity index (χ0v) is 10.6. The predicted octanol–water partition coefficient (Wildman–Crippen LogP) is 2.02. The summed E-state index contributed by atoms with van der Waals surface area (Å²) in [6, 6.07) is 4.47. The first-order valence-corrected chi connectivity index (χ1v) is 5.52. The zero-order chi connectivity index (χ0) is 13.7. The highest BCUT2D eigenvalue weighted by atomic mass is 16.5. The molecule has 5 heteroatoms. The second-order valence-electron chi connectivity index (χ2n) is 3.75.